The molecular formula is C28H30N8O3. The fraction of sp³-hybridized carbons (Fsp3) is 0.357. The Morgan fingerprint density at radius 3 is 2.59 bits per heavy atom. The number of hydrogen-bond acceptors (Lipinski definition) is 10. The van der Waals surface area contributed by atoms with E-state index in [-0.39, 0.29) is 5.82 Å². The van der Waals surface area contributed by atoms with E-state index in [2.05, 4.69) is 32.0 Å². The van der Waals surface area contributed by atoms with Gasteiger partial charge in [0.25, 0.3) is 0 Å². The number of nitrogen functional groups attached to an aromatic ring is 1. The molecule has 3 aliphatic rings. The molecule has 0 aliphatic carbocycles. The lowest BCUT2D eigenvalue weighted by atomic mass is 9.87. The van der Waals surface area contributed by atoms with Crippen molar-refractivity contribution in [1.29, 1.82) is 5.26 Å². The fourth-order valence-electron chi connectivity index (χ4n) is 5.52. The van der Waals surface area contributed by atoms with Crippen molar-refractivity contribution < 1.29 is 14.2 Å². The van der Waals surface area contributed by atoms with Crippen LogP contribution in [0.2, 0.25) is 0 Å². The van der Waals surface area contributed by atoms with Crippen molar-refractivity contribution in [2.75, 3.05) is 51.2 Å². The number of aromatic nitrogens is 4. The summed E-state index contributed by atoms with van der Waals surface area (Å²) in [4.78, 5) is 14.1. The molecule has 7 heterocycles. The first-order chi connectivity index (χ1) is 19.1. The molecule has 4 aromatic rings. The summed E-state index contributed by atoms with van der Waals surface area (Å²) in [5.41, 5.74) is 9.84. The number of pyridine rings is 3. The van der Waals surface area contributed by atoms with Gasteiger partial charge in [0.15, 0.2) is 5.82 Å². The van der Waals surface area contributed by atoms with Gasteiger partial charge in [0.2, 0.25) is 5.88 Å². The van der Waals surface area contributed by atoms with Crippen molar-refractivity contribution in [2.45, 2.75) is 25.0 Å². The molecule has 2 unspecified atom stereocenters. The number of nitrogens with two attached hydrogens (primary N) is 1. The van der Waals surface area contributed by atoms with Crippen LogP contribution < -0.4 is 20.1 Å². The molecule has 2 atom stereocenters. The third-order valence-electron chi connectivity index (χ3n) is 7.50. The second-order valence-electron chi connectivity index (χ2n) is 9.83. The van der Waals surface area contributed by atoms with Crippen LogP contribution in [0.3, 0.4) is 0 Å². The van der Waals surface area contributed by atoms with Crippen LogP contribution in [-0.4, -0.2) is 77.1 Å². The Labute approximate surface area is 226 Å². The molecule has 0 saturated carbocycles. The number of piperazine rings is 1. The van der Waals surface area contributed by atoms with Gasteiger partial charge < -0.3 is 24.8 Å². The van der Waals surface area contributed by atoms with Crippen LogP contribution in [0, 0.1) is 11.3 Å². The van der Waals surface area contributed by atoms with Crippen molar-refractivity contribution in [3.05, 3.63) is 60.0 Å². The Bertz CT molecular complexity index is 1500. The Morgan fingerprint density at radius 2 is 1.92 bits per heavy atom. The molecule has 7 rings (SSSR count). The van der Waals surface area contributed by atoms with Crippen LogP contribution in [0.1, 0.15) is 17.5 Å². The summed E-state index contributed by atoms with van der Waals surface area (Å²) in [5.74, 6) is 2.36. The van der Waals surface area contributed by atoms with E-state index in [9.17, 15) is 5.26 Å². The van der Waals surface area contributed by atoms with Crippen molar-refractivity contribution >= 4 is 17.2 Å². The van der Waals surface area contributed by atoms with Gasteiger partial charge in [-0.15, -0.1) is 5.10 Å². The summed E-state index contributed by atoms with van der Waals surface area (Å²) in [7, 11) is 3.26. The van der Waals surface area contributed by atoms with E-state index in [0.29, 0.717) is 48.0 Å². The van der Waals surface area contributed by atoms with Crippen LogP contribution in [0.5, 0.6) is 11.6 Å². The molecule has 200 valence electrons. The van der Waals surface area contributed by atoms with E-state index in [1.807, 2.05) is 36.7 Å². The lowest BCUT2D eigenvalue weighted by Gasteiger charge is -2.56. The van der Waals surface area contributed by atoms with Crippen molar-refractivity contribution in [1.82, 2.24) is 24.5 Å². The second kappa shape index (κ2) is 10.4. The molecule has 3 aliphatic heterocycles. The molecule has 0 spiro atoms. The number of nitriles is 1. The van der Waals surface area contributed by atoms with Gasteiger partial charge in [-0.1, -0.05) is 6.07 Å². The third kappa shape index (κ3) is 4.69. The first-order valence-electron chi connectivity index (χ1n) is 12.9. The number of fused-ring (bicyclic) bond motifs is 3. The maximum atomic E-state index is 9.73. The predicted molar refractivity (Wildman–Crippen MR) is 146 cm³/mol. The Balaban J connectivity index is 1.20. The number of nitrogens with zero attached hydrogens (tertiary/aromatic N) is 7. The zero-order valence-electron chi connectivity index (χ0n) is 21.9. The normalized spacial score (nSPS) is 18.5. The fourth-order valence-corrected chi connectivity index (χ4v) is 5.52. The van der Waals surface area contributed by atoms with Gasteiger partial charge in [-0.3, -0.25) is 4.90 Å². The van der Waals surface area contributed by atoms with E-state index in [4.69, 9.17) is 24.9 Å². The quantitative estimate of drug-likeness (QED) is 0.325. The average Bonchev–Trinajstić information content (AvgIpc) is 3.30. The van der Waals surface area contributed by atoms with Gasteiger partial charge >= 0.3 is 0 Å². The summed E-state index contributed by atoms with van der Waals surface area (Å²) in [5, 5.41) is 14.1. The van der Waals surface area contributed by atoms with E-state index in [0.717, 1.165) is 36.6 Å². The SMILES string of the molecule is COCCOc1cc(-c2ccc(N3CC4CC(C3)N4Cc3ccc(OC)nc3)nc2)c2c(C#N)c(N)nn2c1. The number of piperidine rings is 1. The van der Waals surface area contributed by atoms with Gasteiger partial charge in [0.1, 0.15) is 29.8 Å². The summed E-state index contributed by atoms with van der Waals surface area (Å²) in [6.07, 6.45) is 6.66. The summed E-state index contributed by atoms with van der Waals surface area (Å²) < 4.78 is 17.7. The molecule has 11 heteroatoms. The minimum Gasteiger partial charge on any atom is -0.490 e. The second-order valence-corrected chi connectivity index (χ2v) is 9.83. The lowest BCUT2D eigenvalue weighted by Crippen LogP contribution is -2.68. The smallest absolute Gasteiger partial charge is 0.212 e. The molecule has 0 aromatic carbocycles. The van der Waals surface area contributed by atoms with E-state index >= 15 is 0 Å². The highest BCUT2D eigenvalue weighted by Crippen LogP contribution is 2.37. The zero-order chi connectivity index (χ0) is 26.9. The highest BCUT2D eigenvalue weighted by molar-refractivity contribution is 5.88. The average molecular weight is 527 g/mol. The van der Waals surface area contributed by atoms with Crippen LogP contribution >= 0.6 is 0 Å². The van der Waals surface area contributed by atoms with E-state index in [1.54, 1.807) is 24.9 Å². The largest absolute Gasteiger partial charge is 0.490 e. The number of methoxy groups -OCH3 is 2. The number of anilines is 2. The molecule has 0 amide bonds. The molecule has 39 heavy (non-hydrogen) atoms. The minimum absolute atomic E-state index is 0.180. The van der Waals surface area contributed by atoms with Crippen LogP contribution in [0.15, 0.2) is 48.9 Å². The van der Waals surface area contributed by atoms with Gasteiger partial charge in [0.05, 0.1) is 25.4 Å². The molecule has 3 saturated heterocycles. The van der Waals surface area contributed by atoms with E-state index in [1.165, 1.54) is 12.0 Å². The molecular weight excluding hydrogens is 496 g/mol. The van der Waals surface area contributed by atoms with Crippen molar-refractivity contribution in [3.8, 4) is 28.8 Å². The summed E-state index contributed by atoms with van der Waals surface area (Å²) in [6.45, 7) is 3.60. The maximum absolute atomic E-state index is 9.73. The molecule has 4 aromatic heterocycles. The molecule has 2 N–H and O–H groups in total. The van der Waals surface area contributed by atoms with Gasteiger partial charge in [-0.2, -0.15) is 5.26 Å². The molecule has 11 nitrogen and oxygen atoms in total. The lowest BCUT2D eigenvalue weighted by molar-refractivity contribution is -0.00876. The van der Waals surface area contributed by atoms with Crippen molar-refractivity contribution in [2.24, 2.45) is 0 Å². The highest BCUT2D eigenvalue weighted by Gasteiger charge is 2.44. The first kappa shape index (κ1) is 24.9. The minimum atomic E-state index is 0.180. The topological polar surface area (TPSA) is 127 Å². The third-order valence-corrected chi connectivity index (χ3v) is 7.50. The van der Waals surface area contributed by atoms with Crippen LogP contribution in [-0.2, 0) is 11.3 Å². The Morgan fingerprint density at radius 1 is 1.08 bits per heavy atom. The Hall–Kier alpha value is -4.40. The van der Waals surface area contributed by atoms with Crippen LogP contribution in [0.25, 0.3) is 16.6 Å². The molecule has 2 bridgehead atoms. The van der Waals surface area contributed by atoms with Crippen LogP contribution in [0.4, 0.5) is 11.6 Å². The summed E-state index contributed by atoms with van der Waals surface area (Å²) in [6, 6.07) is 13.1. The highest BCUT2D eigenvalue weighted by atomic mass is 16.5. The van der Waals surface area contributed by atoms with Gasteiger partial charge in [0, 0.05) is 68.4 Å². The standard InChI is InChI=1S/C28H30N8O3/c1-37-7-8-39-22-10-23(27-24(11-29)28(30)33-36(27)17-22)19-4-5-25(31-13-19)34-15-20-9-21(16-34)35(20)14-18-3-6-26(38-2)32-12-18/h3-6,10,12-13,17,20-21H,7-9,14-16H2,1-2H3,(H2,30,33). The maximum Gasteiger partial charge on any atom is 0.212 e. The Kier molecular flexibility index (Phi) is 6.64. The van der Waals surface area contributed by atoms with E-state index < -0.39 is 0 Å². The molecule has 0 radical (unpaired) electrons. The van der Waals surface area contributed by atoms with Gasteiger partial charge in [-0.25, -0.2) is 14.5 Å². The monoisotopic (exact) mass is 526 g/mol. The molecule has 3 fully saturated rings. The first-order valence-corrected chi connectivity index (χ1v) is 12.9. The number of rotatable bonds is 9. The van der Waals surface area contributed by atoms with Crippen molar-refractivity contribution in [3.63, 3.8) is 0 Å². The predicted octanol–water partition coefficient (Wildman–Crippen LogP) is 2.74. The number of ether oxygens (including phenoxy) is 3. The summed E-state index contributed by atoms with van der Waals surface area (Å²) >= 11 is 0. The van der Waals surface area contributed by atoms with Gasteiger partial charge in [-0.05, 0) is 30.2 Å². The number of hydrogen-bond donors (Lipinski definition) is 1. The zero-order valence-corrected chi connectivity index (χ0v) is 21.9.